The molecular weight excluding hydrogens is 340 g/mol. The second-order valence-electron chi connectivity index (χ2n) is 8.53. The van der Waals surface area contributed by atoms with Crippen LogP contribution in [0, 0.1) is 5.41 Å². The van der Waals surface area contributed by atoms with Crippen molar-refractivity contribution < 1.29 is 14.3 Å². The molecule has 3 aliphatic rings. The third-order valence-corrected chi connectivity index (χ3v) is 6.41. The maximum Gasteiger partial charge on any atom is 0.242 e. The van der Waals surface area contributed by atoms with Gasteiger partial charge in [-0.1, -0.05) is 43.2 Å². The maximum atomic E-state index is 13.1. The van der Waals surface area contributed by atoms with E-state index in [1.165, 1.54) is 12.8 Å². The number of amides is 2. The van der Waals surface area contributed by atoms with Gasteiger partial charge in [0.15, 0.2) is 0 Å². The normalized spacial score (nSPS) is 24.1. The SMILES string of the molecule is O=C(CN1CC2(CCCC2)CC1=O)N(Cc1ccccc1)C[C@H]1CCCO1. The first kappa shape index (κ1) is 18.5. The van der Waals surface area contributed by atoms with Crippen LogP contribution in [0.4, 0.5) is 0 Å². The standard InChI is InChI=1S/C22H30N2O3/c25-20-13-22(10-4-5-11-22)17-24(20)16-21(26)23(15-19-9-6-12-27-19)14-18-7-2-1-3-8-18/h1-3,7-8,19H,4-6,9-17H2/t19-/m1/s1. The van der Waals surface area contributed by atoms with Crippen molar-refractivity contribution in [3.63, 3.8) is 0 Å². The highest BCUT2D eigenvalue weighted by atomic mass is 16.5. The van der Waals surface area contributed by atoms with Crippen molar-refractivity contribution in [1.29, 1.82) is 0 Å². The van der Waals surface area contributed by atoms with Crippen molar-refractivity contribution in [2.45, 2.75) is 57.6 Å². The van der Waals surface area contributed by atoms with E-state index in [-0.39, 0.29) is 29.9 Å². The van der Waals surface area contributed by atoms with Crippen molar-refractivity contribution in [2.24, 2.45) is 5.41 Å². The Morgan fingerprint density at radius 1 is 1.19 bits per heavy atom. The quantitative estimate of drug-likeness (QED) is 0.773. The molecule has 1 aliphatic carbocycles. The van der Waals surface area contributed by atoms with Crippen LogP contribution in [0.3, 0.4) is 0 Å². The number of carbonyl (C=O) groups excluding carboxylic acids is 2. The number of rotatable bonds is 6. The molecule has 1 spiro atoms. The summed E-state index contributed by atoms with van der Waals surface area (Å²) >= 11 is 0. The molecule has 5 heteroatoms. The van der Waals surface area contributed by atoms with E-state index in [9.17, 15) is 9.59 Å². The second-order valence-corrected chi connectivity index (χ2v) is 8.53. The highest BCUT2D eigenvalue weighted by molar-refractivity contribution is 5.86. The Kier molecular flexibility index (Phi) is 5.48. The van der Waals surface area contributed by atoms with Gasteiger partial charge in [0.1, 0.15) is 0 Å². The molecule has 3 fully saturated rings. The number of carbonyl (C=O) groups is 2. The van der Waals surface area contributed by atoms with Gasteiger partial charge in [0.05, 0.1) is 12.6 Å². The van der Waals surface area contributed by atoms with Gasteiger partial charge in [-0.3, -0.25) is 9.59 Å². The molecule has 5 nitrogen and oxygen atoms in total. The molecule has 0 bridgehead atoms. The van der Waals surface area contributed by atoms with E-state index in [4.69, 9.17) is 4.74 Å². The molecule has 0 N–H and O–H groups in total. The van der Waals surface area contributed by atoms with E-state index < -0.39 is 0 Å². The molecule has 0 aromatic heterocycles. The van der Waals surface area contributed by atoms with Crippen LogP contribution in [-0.2, 0) is 20.9 Å². The highest BCUT2D eigenvalue weighted by Gasteiger charge is 2.45. The van der Waals surface area contributed by atoms with Gasteiger partial charge in [-0.25, -0.2) is 0 Å². The van der Waals surface area contributed by atoms with Crippen LogP contribution in [0.2, 0.25) is 0 Å². The summed E-state index contributed by atoms with van der Waals surface area (Å²) < 4.78 is 5.76. The molecule has 1 saturated carbocycles. The van der Waals surface area contributed by atoms with Gasteiger partial charge >= 0.3 is 0 Å². The summed E-state index contributed by atoms with van der Waals surface area (Å²) in [4.78, 5) is 29.3. The van der Waals surface area contributed by atoms with Crippen LogP contribution in [0.5, 0.6) is 0 Å². The lowest BCUT2D eigenvalue weighted by atomic mass is 9.85. The lowest BCUT2D eigenvalue weighted by molar-refractivity contribution is -0.139. The van der Waals surface area contributed by atoms with E-state index in [1.807, 2.05) is 35.2 Å². The molecule has 2 heterocycles. The molecule has 2 amide bonds. The monoisotopic (exact) mass is 370 g/mol. The molecular formula is C22H30N2O3. The maximum absolute atomic E-state index is 13.1. The fourth-order valence-electron chi connectivity index (χ4n) is 4.94. The lowest BCUT2D eigenvalue weighted by Crippen LogP contribution is -2.44. The minimum absolute atomic E-state index is 0.0396. The Hall–Kier alpha value is -1.88. The molecule has 0 radical (unpaired) electrons. The summed E-state index contributed by atoms with van der Waals surface area (Å²) in [6, 6.07) is 10.1. The fourth-order valence-corrected chi connectivity index (χ4v) is 4.94. The number of ether oxygens (including phenoxy) is 1. The molecule has 0 unspecified atom stereocenters. The van der Waals surface area contributed by atoms with Crippen LogP contribution >= 0.6 is 0 Å². The Morgan fingerprint density at radius 2 is 1.96 bits per heavy atom. The molecule has 1 atom stereocenters. The summed E-state index contributed by atoms with van der Waals surface area (Å²) in [7, 11) is 0. The van der Waals surface area contributed by atoms with Crippen molar-refractivity contribution in [3.05, 3.63) is 35.9 Å². The third kappa shape index (κ3) is 4.34. The van der Waals surface area contributed by atoms with Gasteiger partial charge in [-0.2, -0.15) is 0 Å². The molecule has 1 aromatic carbocycles. The molecule has 1 aromatic rings. The minimum atomic E-state index is 0.0396. The Labute approximate surface area is 161 Å². The average molecular weight is 370 g/mol. The van der Waals surface area contributed by atoms with Crippen molar-refractivity contribution in [3.8, 4) is 0 Å². The summed E-state index contributed by atoms with van der Waals surface area (Å²) in [5.41, 5.74) is 1.26. The van der Waals surface area contributed by atoms with Gasteiger partial charge in [-0.05, 0) is 36.7 Å². The van der Waals surface area contributed by atoms with Crippen molar-refractivity contribution in [1.82, 2.24) is 9.80 Å². The van der Waals surface area contributed by atoms with Gasteiger partial charge in [0.25, 0.3) is 0 Å². The van der Waals surface area contributed by atoms with E-state index in [0.29, 0.717) is 19.5 Å². The smallest absolute Gasteiger partial charge is 0.242 e. The van der Waals surface area contributed by atoms with Gasteiger partial charge < -0.3 is 14.5 Å². The molecule has 2 saturated heterocycles. The second kappa shape index (κ2) is 8.01. The molecule has 27 heavy (non-hydrogen) atoms. The Morgan fingerprint density at radius 3 is 2.67 bits per heavy atom. The minimum Gasteiger partial charge on any atom is -0.376 e. The number of benzene rings is 1. The average Bonchev–Trinajstić information content (AvgIpc) is 3.39. The molecule has 146 valence electrons. The van der Waals surface area contributed by atoms with Gasteiger partial charge in [0, 0.05) is 32.7 Å². The number of nitrogens with zero attached hydrogens (tertiary/aromatic N) is 2. The summed E-state index contributed by atoms with van der Waals surface area (Å²) in [6.45, 7) is 2.94. The lowest BCUT2D eigenvalue weighted by Gasteiger charge is -2.28. The Bertz CT molecular complexity index is 663. The van der Waals surface area contributed by atoms with Crippen LogP contribution in [0.1, 0.15) is 50.5 Å². The van der Waals surface area contributed by atoms with Crippen LogP contribution in [0.25, 0.3) is 0 Å². The van der Waals surface area contributed by atoms with E-state index >= 15 is 0 Å². The van der Waals surface area contributed by atoms with Crippen LogP contribution in [-0.4, -0.2) is 54.0 Å². The van der Waals surface area contributed by atoms with Gasteiger partial charge in [0.2, 0.25) is 11.8 Å². The first-order valence-corrected chi connectivity index (χ1v) is 10.3. The van der Waals surface area contributed by atoms with E-state index in [0.717, 1.165) is 44.4 Å². The zero-order valence-electron chi connectivity index (χ0n) is 16.1. The highest BCUT2D eigenvalue weighted by Crippen LogP contribution is 2.45. The predicted octanol–water partition coefficient (Wildman–Crippen LogP) is 2.99. The first-order chi connectivity index (χ1) is 13.1. The summed E-state index contributed by atoms with van der Waals surface area (Å²) in [5.74, 6) is 0.194. The van der Waals surface area contributed by atoms with Crippen LogP contribution in [0.15, 0.2) is 30.3 Å². The van der Waals surface area contributed by atoms with Gasteiger partial charge in [-0.15, -0.1) is 0 Å². The van der Waals surface area contributed by atoms with E-state index in [2.05, 4.69) is 0 Å². The first-order valence-electron chi connectivity index (χ1n) is 10.3. The van der Waals surface area contributed by atoms with E-state index in [1.54, 1.807) is 4.90 Å². The number of hydrogen-bond donors (Lipinski definition) is 0. The summed E-state index contributed by atoms with van der Waals surface area (Å²) in [5, 5.41) is 0. The fraction of sp³-hybridized carbons (Fsp3) is 0.636. The van der Waals surface area contributed by atoms with Crippen molar-refractivity contribution in [2.75, 3.05) is 26.2 Å². The largest absolute Gasteiger partial charge is 0.376 e. The zero-order chi connectivity index (χ0) is 18.7. The molecule has 4 rings (SSSR count). The Balaban J connectivity index is 1.42. The summed E-state index contributed by atoms with van der Waals surface area (Å²) in [6.07, 6.45) is 7.51. The third-order valence-electron chi connectivity index (χ3n) is 6.41. The van der Waals surface area contributed by atoms with Crippen LogP contribution < -0.4 is 0 Å². The zero-order valence-corrected chi connectivity index (χ0v) is 16.1. The van der Waals surface area contributed by atoms with Crippen molar-refractivity contribution >= 4 is 11.8 Å². The number of likely N-dealkylation sites (tertiary alicyclic amines) is 1. The number of hydrogen-bond acceptors (Lipinski definition) is 3. The predicted molar refractivity (Wildman–Crippen MR) is 103 cm³/mol. The molecule has 2 aliphatic heterocycles. The topological polar surface area (TPSA) is 49.9 Å².